The number of ether oxygens (including phenoxy) is 3. The highest BCUT2D eigenvalue weighted by molar-refractivity contribution is 5.88. The molecule has 7 nitrogen and oxygen atoms in total. The summed E-state index contributed by atoms with van der Waals surface area (Å²) >= 11 is 0. The van der Waals surface area contributed by atoms with Gasteiger partial charge in [-0.3, -0.25) is 14.4 Å². The quantitative estimate of drug-likeness (QED) is 0.596. The number of benzene rings is 2. The van der Waals surface area contributed by atoms with Gasteiger partial charge >= 0.3 is 5.97 Å². The number of ketones is 1. The average Bonchev–Trinajstić information content (AvgIpc) is 2.86. The number of Topliss-reactive ketones (excluding diaryl/α,β-unsaturated/α-hetero) is 1. The lowest BCUT2D eigenvalue weighted by molar-refractivity contribution is -0.156. The summed E-state index contributed by atoms with van der Waals surface area (Å²) in [5.74, 6) is 0.583. The van der Waals surface area contributed by atoms with Crippen LogP contribution in [0.4, 0.5) is 0 Å². The molecular weight excluding hydrogens is 434 g/mol. The number of carbonyl (C=O) groups is 3. The van der Waals surface area contributed by atoms with Crippen molar-refractivity contribution in [2.24, 2.45) is 17.8 Å². The number of methoxy groups -OCH3 is 2. The van der Waals surface area contributed by atoms with E-state index >= 15 is 0 Å². The topological polar surface area (TPSA) is 90.9 Å². The number of nitrogens with one attached hydrogen (secondary N) is 1. The van der Waals surface area contributed by atoms with Gasteiger partial charge in [0.2, 0.25) is 0 Å². The molecule has 2 aliphatic carbocycles. The fraction of sp³-hybridized carbons (Fsp3) is 0.444. The van der Waals surface area contributed by atoms with E-state index in [0.29, 0.717) is 30.1 Å². The Hall–Kier alpha value is -3.35. The zero-order chi connectivity index (χ0) is 24.1. The fourth-order valence-electron chi connectivity index (χ4n) is 5.08. The van der Waals surface area contributed by atoms with Crippen LogP contribution in [0.3, 0.4) is 0 Å². The summed E-state index contributed by atoms with van der Waals surface area (Å²) in [5, 5.41) is 2.98. The SMILES string of the molecule is COc1ccc(C(NC(=O)COC(=O)C2CC3CCCC(C2)C3=O)c2ccc(OC)cc2)cc1. The zero-order valence-electron chi connectivity index (χ0n) is 19.6. The molecule has 2 aliphatic rings. The van der Waals surface area contributed by atoms with Gasteiger partial charge in [0.1, 0.15) is 17.3 Å². The van der Waals surface area contributed by atoms with Crippen LogP contribution in [-0.2, 0) is 19.1 Å². The zero-order valence-corrected chi connectivity index (χ0v) is 19.6. The van der Waals surface area contributed by atoms with Gasteiger partial charge in [-0.1, -0.05) is 30.7 Å². The molecule has 7 heteroatoms. The van der Waals surface area contributed by atoms with Gasteiger partial charge in [-0.15, -0.1) is 0 Å². The highest BCUT2D eigenvalue weighted by atomic mass is 16.5. The van der Waals surface area contributed by atoms with Crippen molar-refractivity contribution in [3.8, 4) is 11.5 Å². The van der Waals surface area contributed by atoms with Gasteiger partial charge in [-0.2, -0.15) is 0 Å². The summed E-state index contributed by atoms with van der Waals surface area (Å²) in [6, 6.07) is 14.4. The Morgan fingerprint density at radius 1 is 0.882 bits per heavy atom. The molecule has 0 aromatic heterocycles. The van der Waals surface area contributed by atoms with E-state index in [9.17, 15) is 14.4 Å². The minimum absolute atomic E-state index is 0.0339. The lowest BCUT2D eigenvalue weighted by atomic mass is 9.67. The van der Waals surface area contributed by atoms with E-state index in [2.05, 4.69) is 5.32 Å². The minimum atomic E-state index is -0.435. The van der Waals surface area contributed by atoms with Gasteiger partial charge in [-0.25, -0.2) is 0 Å². The molecule has 2 atom stereocenters. The second kappa shape index (κ2) is 10.7. The molecule has 0 saturated heterocycles. The largest absolute Gasteiger partial charge is 0.497 e. The molecule has 2 saturated carbocycles. The highest BCUT2D eigenvalue weighted by Gasteiger charge is 2.41. The molecule has 2 aromatic rings. The Labute approximate surface area is 199 Å². The lowest BCUT2D eigenvalue weighted by Gasteiger charge is -2.36. The number of hydrogen-bond acceptors (Lipinski definition) is 6. The Balaban J connectivity index is 1.40. The number of esters is 1. The number of carbonyl (C=O) groups excluding carboxylic acids is 3. The van der Waals surface area contributed by atoms with Gasteiger partial charge in [0.25, 0.3) is 5.91 Å². The predicted molar refractivity (Wildman–Crippen MR) is 125 cm³/mol. The van der Waals surface area contributed by atoms with E-state index in [-0.39, 0.29) is 30.3 Å². The third-order valence-electron chi connectivity index (χ3n) is 6.93. The van der Waals surface area contributed by atoms with Crippen LogP contribution in [0.1, 0.15) is 49.3 Å². The standard InChI is InChI=1S/C27H31NO6/c1-32-22-10-6-17(7-11-22)25(18-8-12-23(33-2)13-9-18)28-24(29)16-34-27(31)21-14-19-4-3-5-20(15-21)26(19)30/h6-13,19-21,25H,3-5,14-16H2,1-2H3,(H,28,29). The van der Waals surface area contributed by atoms with Crippen LogP contribution in [0.15, 0.2) is 48.5 Å². The third kappa shape index (κ3) is 5.41. The Bertz CT molecular complexity index is 953. The molecule has 0 heterocycles. The third-order valence-corrected chi connectivity index (χ3v) is 6.93. The van der Waals surface area contributed by atoms with Crippen molar-refractivity contribution in [3.05, 3.63) is 59.7 Å². The molecule has 180 valence electrons. The van der Waals surface area contributed by atoms with Crippen molar-refractivity contribution in [2.45, 2.75) is 38.1 Å². The minimum Gasteiger partial charge on any atom is -0.497 e. The summed E-state index contributed by atoms with van der Waals surface area (Å²) in [6.07, 6.45) is 3.82. The van der Waals surface area contributed by atoms with Crippen LogP contribution in [0.25, 0.3) is 0 Å². The first-order valence-corrected chi connectivity index (χ1v) is 11.8. The smallest absolute Gasteiger partial charge is 0.309 e. The van der Waals surface area contributed by atoms with E-state index in [1.54, 1.807) is 14.2 Å². The molecule has 0 spiro atoms. The van der Waals surface area contributed by atoms with Crippen molar-refractivity contribution >= 4 is 17.7 Å². The Morgan fingerprint density at radius 3 is 1.85 bits per heavy atom. The van der Waals surface area contributed by atoms with Crippen LogP contribution in [0, 0.1) is 17.8 Å². The van der Waals surface area contributed by atoms with Gasteiger partial charge < -0.3 is 19.5 Å². The molecular formula is C27H31NO6. The van der Waals surface area contributed by atoms with E-state index in [1.807, 2.05) is 48.5 Å². The van der Waals surface area contributed by atoms with Crippen molar-refractivity contribution in [1.82, 2.24) is 5.32 Å². The van der Waals surface area contributed by atoms with Crippen LogP contribution in [0.2, 0.25) is 0 Å². The summed E-state index contributed by atoms with van der Waals surface area (Å²) < 4.78 is 15.9. The maximum atomic E-state index is 12.8. The highest BCUT2D eigenvalue weighted by Crippen LogP contribution is 2.40. The maximum absolute atomic E-state index is 12.8. The number of rotatable bonds is 8. The van der Waals surface area contributed by atoms with Crippen LogP contribution in [-0.4, -0.2) is 38.5 Å². The maximum Gasteiger partial charge on any atom is 0.309 e. The summed E-state index contributed by atoms with van der Waals surface area (Å²) in [5.41, 5.74) is 1.73. The van der Waals surface area contributed by atoms with Gasteiger partial charge in [0, 0.05) is 11.8 Å². The van der Waals surface area contributed by atoms with E-state index in [1.165, 1.54) is 0 Å². The van der Waals surface area contributed by atoms with Crippen LogP contribution < -0.4 is 14.8 Å². The van der Waals surface area contributed by atoms with Crippen LogP contribution >= 0.6 is 0 Å². The number of amides is 1. The molecule has 0 radical (unpaired) electrons. The van der Waals surface area contributed by atoms with Gasteiger partial charge in [0.15, 0.2) is 6.61 Å². The van der Waals surface area contributed by atoms with Crippen molar-refractivity contribution in [3.63, 3.8) is 0 Å². The molecule has 1 N–H and O–H groups in total. The fourth-order valence-corrected chi connectivity index (χ4v) is 5.08. The normalized spacial score (nSPS) is 21.6. The van der Waals surface area contributed by atoms with Crippen molar-refractivity contribution in [2.75, 3.05) is 20.8 Å². The molecule has 4 rings (SSSR count). The van der Waals surface area contributed by atoms with Crippen molar-refractivity contribution in [1.29, 1.82) is 0 Å². The molecule has 2 fully saturated rings. The molecule has 2 bridgehead atoms. The molecule has 1 amide bonds. The molecule has 0 aliphatic heterocycles. The summed E-state index contributed by atoms with van der Waals surface area (Å²) in [7, 11) is 3.20. The first-order valence-electron chi connectivity index (χ1n) is 11.8. The Morgan fingerprint density at radius 2 is 1.38 bits per heavy atom. The first kappa shape index (κ1) is 23.8. The average molecular weight is 466 g/mol. The first-order chi connectivity index (χ1) is 16.5. The second-order valence-corrected chi connectivity index (χ2v) is 9.05. The van der Waals surface area contributed by atoms with E-state index in [4.69, 9.17) is 14.2 Å². The van der Waals surface area contributed by atoms with E-state index < -0.39 is 11.9 Å². The van der Waals surface area contributed by atoms with Crippen LogP contribution in [0.5, 0.6) is 11.5 Å². The van der Waals surface area contributed by atoms with Gasteiger partial charge in [-0.05, 0) is 61.1 Å². The molecule has 34 heavy (non-hydrogen) atoms. The summed E-state index contributed by atoms with van der Waals surface area (Å²) in [4.78, 5) is 37.7. The van der Waals surface area contributed by atoms with Gasteiger partial charge in [0.05, 0.1) is 26.2 Å². The molecule has 2 unspecified atom stereocenters. The lowest BCUT2D eigenvalue weighted by Crippen LogP contribution is -2.40. The number of fused-ring (bicyclic) bond motifs is 2. The van der Waals surface area contributed by atoms with Crippen molar-refractivity contribution < 1.29 is 28.6 Å². The summed E-state index contributed by atoms with van der Waals surface area (Å²) in [6.45, 7) is -0.360. The second-order valence-electron chi connectivity index (χ2n) is 9.05. The number of hydrogen-bond donors (Lipinski definition) is 1. The van der Waals surface area contributed by atoms with E-state index in [0.717, 1.165) is 30.4 Å². The Kier molecular flexibility index (Phi) is 7.50. The predicted octanol–water partition coefficient (Wildman–Crippen LogP) is 3.85. The monoisotopic (exact) mass is 465 g/mol. The molecule has 2 aromatic carbocycles.